The smallest absolute Gasteiger partial charge is 0.248 e. The van der Waals surface area contributed by atoms with Crippen molar-refractivity contribution in [1.82, 2.24) is 9.80 Å². The van der Waals surface area contributed by atoms with Gasteiger partial charge in [0.2, 0.25) is 5.91 Å². The standard InChI is InChI=1S/C13H26N2O3/c1-3-10-18-12-13(16)15-6-4-5-14(7-8-15)9-11-17-2/h3-12H2,1-2H3. The van der Waals surface area contributed by atoms with Gasteiger partial charge >= 0.3 is 0 Å². The largest absolute Gasteiger partial charge is 0.383 e. The fraction of sp³-hybridized carbons (Fsp3) is 0.923. The van der Waals surface area contributed by atoms with Crippen LogP contribution in [0.25, 0.3) is 0 Å². The minimum Gasteiger partial charge on any atom is -0.383 e. The number of nitrogens with zero attached hydrogens (tertiary/aromatic N) is 2. The van der Waals surface area contributed by atoms with Crippen LogP contribution in [0.2, 0.25) is 0 Å². The van der Waals surface area contributed by atoms with Crippen molar-refractivity contribution in [3.05, 3.63) is 0 Å². The van der Waals surface area contributed by atoms with Gasteiger partial charge < -0.3 is 14.4 Å². The molecule has 1 aliphatic heterocycles. The molecule has 0 radical (unpaired) electrons. The Labute approximate surface area is 110 Å². The second-order valence-corrected chi connectivity index (χ2v) is 4.62. The molecule has 0 aliphatic carbocycles. The molecule has 1 fully saturated rings. The van der Waals surface area contributed by atoms with E-state index in [1.807, 2.05) is 11.8 Å². The van der Waals surface area contributed by atoms with Crippen LogP contribution >= 0.6 is 0 Å². The Hall–Kier alpha value is -0.650. The summed E-state index contributed by atoms with van der Waals surface area (Å²) in [5.41, 5.74) is 0. The third-order valence-electron chi connectivity index (χ3n) is 3.13. The summed E-state index contributed by atoms with van der Waals surface area (Å²) in [7, 11) is 1.72. The van der Waals surface area contributed by atoms with Crippen LogP contribution in [-0.4, -0.2) is 75.4 Å². The SMILES string of the molecule is CCCOCC(=O)N1CCCN(CCOC)CC1. The lowest BCUT2D eigenvalue weighted by atomic mass is 10.4. The van der Waals surface area contributed by atoms with Crippen molar-refractivity contribution in [2.24, 2.45) is 0 Å². The number of carbonyl (C=O) groups excluding carboxylic acids is 1. The molecule has 1 amide bonds. The van der Waals surface area contributed by atoms with Crippen LogP contribution in [0.1, 0.15) is 19.8 Å². The first-order valence-corrected chi connectivity index (χ1v) is 6.84. The molecular weight excluding hydrogens is 232 g/mol. The van der Waals surface area contributed by atoms with Crippen LogP contribution in [0.15, 0.2) is 0 Å². The second-order valence-electron chi connectivity index (χ2n) is 4.62. The van der Waals surface area contributed by atoms with Crippen molar-refractivity contribution in [2.75, 3.05) is 59.7 Å². The number of methoxy groups -OCH3 is 1. The molecule has 1 heterocycles. The molecule has 1 saturated heterocycles. The van der Waals surface area contributed by atoms with Crippen molar-refractivity contribution in [1.29, 1.82) is 0 Å². The fourth-order valence-corrected chi connectivity index (χ4v) is 2.06. The van der Waals surface area contributed by atoms with E-state index in [4.69, 9.17) is 9.47 Å². The Kier molecular flexibility index (Phi) is 7.96. The van der Waals surface area contributed by atoms with Gasteiger partial charge in [0.1, 0.15) is 6.61 Å². The van der Waals surface area contributed by atoms with E-state index in [1.165, 1.54) is 0 Å². The topological polar surface area (TPSA) is 42.0 Å². The van der Waals surface area contributed by atoms with Crippen molar-refractivity contribution >= 4 is 5.91 Å². The molecule has 5 nitrogen and oxygen atoms in total. The molecular formula is C13H26N2O3. The van der Waals surface area contributed by atoms with Gasteiger partial charge in [-0.05, 0) is 19.4 Å². The van der Waals surface area contributed by atoms with Gasteiger partial charge in [0, 0.05) is 39.9 Å². The zero-order chi connectivity index (χ0) is 13.2. The van der Waals surface area contributed by atoms with Crippen LogP contribution in [0.3, 0.4) is 0 Å². The molecule has 0 N–H and O–H groups in total. The van der Waals surface area contributed by atoms with Crippen LogP contribution in [-0.2, 0) is 14.3 Å². The molecule has 1 rings (SSSR count). The Balaban J connectivity index is 2.25. The predicted molar refractivity (Wildman–Crippen MR) is 70.6 cm³/mol. The van der Waals surface area contributed by atoms with E-state index in [-0.39, 0.29) is 12.5 Å². The minimum absolute atomic E-state index is 0.122. The first-order valence-electron chi connectivity index (χ1n) is 6.84. The summed E-state index contributed by atoms with van der Waals surface area (Å²) in [5, 5.41) is 0. The lowest BCUT2D eigenvalue weighted by molar-refractivity contribution is -0.136. The summed E-state index contributed by atoms with van der Waals surface area (Å²) < 4.78 is 10.4. The Bertz CT molecular complexity index is 236. The summed E-state index contributed by atoms with van der Waals surface area (Å²) in [6.07, 6.45) is 1.99. The molecule has 1 aliphatic rings. The van der Waals surface area contributed by atoms with Gasteiger partial charge in [-0.15, -0.1) is 0 Å². The van der Waals surface area contributed by atoms with Gasteiger partial charge in [-0.2, -0.15) is 0 Å². The van der Waals surface area contributed by atoms with E-state index >= 15 is 0 Å². The minimum atomic E-state index is 0.122. The quantitative estimate of drug-likeness (QED) is 0.627. The monoisotopic (exact) mass is 258 g/mol. The summed E-state index contributed by atoms with van der Waals surface area (Å²) in [5.74, 6) is 0.122. The highest BCUT2D eigenvalue weighted by atomic mass is 16.5. The van der Waals surface area contributed by atoms with E-state index in [0.29, 0.717) is 6.61 Å². The second kappa shape index (κ2) is 9.30. The van der Waals surface area contributed by atoms with Gasteiger partial charge in [0.15, 0.2) is 0 Å². The van der Waals surface area contributed by atoms with Gasteiger partial charge in [0.25, 0.3) is 0 Å². The first kappa shape index (κ1) is 15.4. The van der Waals surface area contributed by atoms with E-state index in [9.17, 15) is 4.79 Å². The molecule has 0 aromatic rings. The Morgan fingerprint density at radius 3 is 2.72 bits per heavy atom. The lowest BCUT2D eigenvalue weighted by Crippen LogP contribution is -2.38. The van der Waals surface area contributed by atoms with Gasteiger partial charge in [-0.3, -0.25) is 9.69 Å². The molecule has 0 atom stereocenters. The molecule has 0 bridgehead atoms. The van der Waals surface area contributed by atoms with Crippen LogP contribution in [0.5, 0.6) is 0 Å². The molecule has 0 saturated carbocycles. The summed E-state index contributed by atoms with van der Waals surface area (Å²) >= 11 is 0. The maximum absolute atomic E-state index is 11.9. The van der Waals surface area contributed by atoms with Crippen molar-refractivity contribution in [3.8, 4) is 0 Å². The molecule has 0 aromatic heterocycles. The molecule has 0 aromatic carbocycles. The first-order chi connectivity index (χ1) is 8.77. The maximum Gasteiger partial charge on any atom is 0.248 e. The number of rotatable bonds is 7. The van der Waals surface area contributed by atoms with E-state index in [2.05, 4.69) is 4.90 Å². The van der Waals surface area contributed by atoms with Crippen molar-refractivity contribution in [3.63, 3.8) is 0 Å². The summed E-state index contributed by atoms with van der Waals surface area (Å²) in [4.78, 5) is 16.2. The highest BCUT2D eigenvalue weighted by Gasteiger charge is 2.18. The zero-order valence-corrected chi connectivity index (χ0v) is 11.7. The average Bonchev–Trinajstić information content (AvgIpc) is 2.62. The fourth-order valence-electron chi connectivity index (χ4n) is 2.06. The van der Waals surface area contributed by atoms with E-state index in [1.54, 1.807) is 7.11 Å². The van der Waals surface area contributed by atoms with Gasteiger partial charge in [-0.1, -0.05) is 6.92 Å². The average molecular weight is 258 g/mol. The van der Waals surface area contributed by atoms with Crippen LogP contribution in [0, 0.1) is 0 Å². The van der Waals surface area contributed by atoms with Crippen molar-refractivity contribution < 1.29 is 14.3 Å². The van der Waals surface area contributed by atoms with E-state index in [0.717, 1.165) is 52.2 Å². The van der Waals surface area contributed by atoms with Crippen LogP contribution in [0.4, 0.5) is 0 Å². The molecule has 106 valence electrons. The normalized spacial score (nSPS) is 17.8. The van der Waals surface area contributed by atoms with Crippen molar-refractivity contribution in [2.45, 2.75) is 19.8 Å². The molecule has 5 heteroatoms. The highest BCUT2D eigenvalue weighted by Crippen LogP contribution is 2.03. The molecule has 0 unspecified atom stereocenters. The number of carbonyl (C=O) groups is 1. The summed E-state index contributed by atoms with van der Waals surface area (Å²) in [6, 6.07) is 0. The lowest BCUT2D eigenvalue weighted by Gasteiger charge is -2.21. The summed E-state index contributed by atoms with van der Waals surface area (Å²) in [6.45, 7) is 8.27. The third kappa shape index (κ3) is 5.80. The number of amides is 1. The Morgan fingerprint density at radius 2 is 2.00 bits per heavy atom. The Morgan fingerprint density at radius 1 is 1.17 bits per heavy atom. The number of hydrogen-bond donors (Lipinski definition) is 0. The highest BCUT2D eigenvalue weighted by molar-refractivity contribution is 5.77. The van der Waals surface area contributed by atoms with Gasteiger partial charge in [0.05, 0.1) is 6.61 Å². The van der Waals surface area contributed by atoms with E-state index < -0.39 is 0 Å². The maximum atomic E-state index is 11.9. The molecule has 18 heavy (non-hydrogen) atoms. The molecule has 0 spiro atoms. The number of hydrogen-bond acceptors (Lipinski definition) is 4. The predicted octanol–water partition coefficient (Wildman–Crippen LogP) is 0.594. The number of ether oxygens (including phenoxy) is 2. The van der Waals surface area contributed by atoms with Gasteiger partial charge in [-0.25, -0.2) is 0 Å². The third-order valence-corrected chi connectivity index (χ3v) is 3.13. The zero-order valence-electron chi connectivity index (χ0n) is 11.7. The van der Waals surface area contributed by atoms with Crippen LogP contribution < -0.4 is 0 Å².